The summed E-state index contributed by atoms with van der Waals surface area (Å²) in [6.45, 7) is 0. The van der Waals surface area contributed by atoms with Gasteiger partial charge in [-0.15, -0.1) is 10.3 Å². The van der Waals surface area contributed by atoms with Crippen LogP contribution in [-0.4, -0.2) is 10.9 Å². The van der Waals surface area contributed by atoms with Gasteiger partial charge in [0.1, 0.15) is 5.16 Å². The number of hydrazone groups is 1. The molecule has 0 aliphatic carbocycles. The summed E-state index contributed by atoms with van der Waals surface area (Å²) in [7, 11) is 0. The molecular weight excluding hydrogens is 200 g/mol. The summed E-state index contributed by atoms with van der Waals surface area (Å²) >= 11 is 5.80. The van der Waals surface area contributed by atoms with Crippen LogP contribution in [0.4, 0.5) is 0 Å². The van der Waals surface area contributed by atoms with Gasteiger partial charge in [-0.05, 0) is 0 Å². The lowest BCUT2D eigenvalue weighted by atomic mass is 10.1. The maximum absolute atomic E-state index is 5.80. The number of hydrazine groups is 2. The zero-order valence-electron chi connectivity index (χ0n) is 7.31. The monoisotopic (exact) mass is 208 g/mol. The van der Waals surface area contributed by atoms with Gasteiger partial charge in [-0.25, -0.2) is 5.84 Å². The van der Waals surface area contributed by atoms with Gasteiger partial charge >= 0.3 is 0 Å². The van der Waals surface area contributed by atoms with Crippen molar-refractivity contribution < 1.29 is 0 Å². The molecule has 0 unspecified atom stereocenters. The van der Waals surface area contributed by atoms with Crippen LogP contribution < -0.4 is 11.3 Å². The second-order valence-electron chi connectivity index (χ2n) is 2.80. The molecule has 3 N–H and O–H groups in total. The van der Waals surface area contributed by atoms with E-state index in [1.54, 1.807) is 6.08 Å². The highest BCUT2D eigenvalue weighted by Crippen LogP contribution is 2.10. The Bertz CT molecular complexity index is 385. The normalized spacial score (nSPS) is 15.7. The van der Waals surface area contributed by atoms with Crippen molar-refractivity contribution in [3.05, 3.63) is 47.1 Å². The lowest BCUT2D eigenvalue weighted by molar-refractivity contribution is 0.233. The van der Waals surface area contributed by atoms with Gasteiger partial charge in [0.15, 0.2) is 0 Å². The van der Waals surface area contributed by atoms with Gasteiger partial charge in [-0.3, -0.25) is 5.43 Å². The zero-order chi connectivity index (χ0) is 9.97. The molecule has 72 valence electrons. The van der Waals surface area contributed by atoms with Crippen molar-refractivity contribution in [1.82, 2.24) is 10.7 Å². The number of halogens is 1. The third-order valence-corrected chi connectivity index (χ3v) is 1.96. The lowest BCUT2D eigenvalue weighted by Crippen LogP contribution is -2.40. The summed E-state index contributed by atoms with van der Waals surface area (Å²) in [5.74, 6) is 5.46. The minimum atomic E-state index is 0.446. The van der Waals surface area contributed by atoms with Crippen molar-refractivity contribution in [2.75, 3.05) is 0 Å². The molecule has 1 aromatic rings. The van der Waals surface area contributed by atoms with E-state index in [1.807, 2.05) is 30.3 Å². The molecule has 1 aliphatic heterocycles. The van der Waals surface area contributed by atoms with E-state index in [2.05, 4.69) is 10.5 Å². The van der Waals surface area contributed by atoms with Crippen LogP contribution in [0.15, 0.2) is 46.7 Å². The van der Waals surface area contributed by atoms with Crippen LogP contribution in [0.2, 0.25) is 0 Å². The average molecular weight is 209 g/mol. The van der Waals surface area contributed by atoms with Crippen LogP contribution in [0.1, 0.15) is 5.56 Å². The molecule has 0 spiro atoms. The third kappa shape index (κ3) is 1.86. The fourth-order valence-corrected chi connectivity index (χ4v) is 1.37. The Labute approximate surface area is 86.6 Å². The highest BCUT2D eigenvalue weighted by molar-refractivity contribution is 6.31. The molecule has 0 saturated carbocycles. The first-order valence-electron chi connectivity index (χ1n) is 4.08. The SMILES string of the molecule is NN1N=C(c2ccccc2)C=C(Cl)N1. The number of hydrogen-bond acceptors (Lipinski definition) is 4. The minimum absolute atomic E-state index is 0.446. The van der Waals surface area contributed by atoms with Crippen molar-refractivity contribution >= 4 is 17.3 Å². The number of nitrogens with two attached hydrogens (primary N) is 1. The molecule has 0 aromatic heterocycles. The van der Waals surface area contributed by atoms with Gasteiger partial charge in [0.25, 0.3) is 0 Å². The van der Waals surface area contributed by atoms with E-state index in [1.165, 1.54) is 0 Å². The van der Waals surface area contributed by atoms with Crippen molar-refractivity contribution in [2.24, 2.45) is 10.9 Å². The number of nitrogens with one attached hydrogen (secondary N) is 1. The van der Waals surface area contributed by atoms with E-state index >= 15 is 0 Å². The predicted octanol–water partition coefficient (Wildman–Crippen LogP) is 1.16. The quantitative estimate of drug-likeness (QED) is 0.538. The maximum atomic E-state index is 5.80. The van der Waals surface area contributed by atoms with Crippen LogP contribution in [0.25, 0.3) is 0 Å². The summed E-state index contributed by atoms with van der Waals surface area (Å²) in [6, 6.07) is 9.69. The molecular formula is C9H9ClN4. The molecule has 0 bridgehead atoms. The number of nitrogens with zero attached hydrogens (tertiary/aromatic N) is 2. The van der Waals surface area contributed by atoms with E-state index < -0.39 is 0 Å². The number of hydrogen-bond donors (Lipinski definition) is 2. The highest BCUT2D eigenvalue weighted by atomic mass is 35.5. The Morgan fingerprint density at radius 3 is 2.64 bits per heavy atom. The van der Waals surface area contributed by atoms with E-state index in [0.717, 1.165) is 16.5 Å². The Hall–Kier alpha value is -1.52. The van der Waals surface area contributed by atoms with Crippen LogP contribution in [-0.2, 0) is 0 Å². The Morgan fingerprint density at radius 2 is 2.00 bits per heavy atom. The molecule has 1 aromatic carbocycles. The summed E-state index contributed by atoms with van der Waals surface area (Å²) in [5, 5.41) is 5.59. The second-order valence-corrected chi connectivity index (χ2v) is 3.21. The number of rotatable bonds is 1. The molecule has 4 nitrogen and oxygen atoms in total. The van der Waals surface area contributed by atoms with Gasteiger partial charge in [-0.2, -0.15) is 0 Å². The molecule has 1 aliphatic rings. The first-order chi connectivity index (χ1) is 6.75. The lowest BCUT2D eigenvalue weighted by Gasteiger charge is -2.19. The topological polar surface area (TPSA) is 53.6 Å². The Morgan fingerprint density at radius 1 is 1.29 bits per heavy atom. The first kappa shape index (κ1) is 9.05. The van der Waals surface area contributed by atoms with Crippen molar-refractivity contribution in [3.8, 4) is 0 Å². The summed E-state index contributed by atoms with van der Waals surface area (Å²) < 4.78 is 0. The predicted molar refractivity (Wildman–Crippen MR) is 56.1 cm³/mol. The van der Waals surface area contributed by atoms with Gasteiger partial charge in [0.05, 0.1) is 5.71 Å². The zero-order valence-corrected chi connectivity index (χ0v) is 8.07. The van der Waals surface area contributed by atoms with Crippen molar-refractivity contribution in [1.29, 1.82) is 0 Å². The molecule has 2 rings (SSSR count). The third-order valence-electron chi connectivity index (χ3n) is 1.77. The van der Waals surface area contributed by atoms with Crippen LogP contribution in [0.3, 0.4) is 0 Å². The van der Waals surface area contributed by atoms with Crippen molar-refractivity contribution in [2.45, 2.75) is 0 Å². The Kier molecular flexibility index (Phi) is 2.39. The first-order valence-corrected chi connectivity index (χ1v) is 4.46. The van der Waals surface area contributed by atoms with Gasteiger partial charge in [0.2, 0.25) is 0 Å². The van der Waals surface area contributed by atoms with E-state index in [0.29, 0.717) is 5.16 Å². The molecule has 1 heterocycles. The van der Waals surface area contributed by atoms with Gasteiger partial charge in [0, 0.05) is 11.6 Å². The fraction of sp³-hybridized carbons (Fsp3) is 0. The summed E-state index contributed by atoms with van der Waals surface area (Å²) in [6.07, 6.45) is 1.72. The Balaban J connectivity index is 2.36. The van der Waals surface area contributed by atoms with Crippen LogP contribution in [0.5, 0.6) is 0 Å². The molecule has 0 saturated heterocycles. The summed E-state index contributed by atoms with van der Waals surface area (Å²) in [4.78, 5) is 0. The molecule has 0 radical (unpaired) electrons. The maximum Gasteiger partial charge on any atom is 0.125 e. The molecule has 0 fully saturated rings. The molecule has 14 heavy (non-hydrogen) atoms. The molecule has 0 amide bonds. The second kappa shape index (κ2) is 3.69. The smallest absolute Gasteiger partial charge is 0.125 e. The van der Waals surface area contributed by atoms with Gasteiger partial charge in [-0.1, -0.05) is 41.9 Å². The van der Waals surface area contributed by atoms with Crippen LogP contribution >= 0.6 is 11.6 Å². The number of benzene rings is 1. The largest absolute Gasteiger partial charge is 0.256 e. The summed E-state index contributed by atoms with van der Waals surface area (Å²) in [5.41, 5.74) is 4.34. The molecule has 5 heteroatoms. The fourth-order valence-electron chi connectivity index (χ4n) is 1.18. The van der Waals surface area contributed by atoms with Gasteiger partial charge < -0.3 is 0 Å². The van der Waals surface area contributed by atoms with E-state index in [4.69, 9.17) is 17.4 Å². The van der Waals surface area contributed by atoms with E-state index in [9.17, 15) is 0 Å². The molecule has 0 atom stereocenters. The van der Waals surface area contributed by atoms with Crippen molar-refractivity contribution in [3.63, 3.8) is 0 Å². The highest BCUT2D eigenvalue weighted by Gasteiger charge is 2.09. The van der Waals surface area contributed by atoms with Crippen LogP contribution in [0, 0.1) is 0 Å². The standard InChI is InChI=1S/C9H9ClN4/c10-9-6-8(12-14(11)13-9)7-4-2-1-3-5-7/h1-6,13H,11H2. The van der Waals surface area contributed by atoms with E-state index in [-0.39, 0.29) is 0 Å². The minimum Gasteiger partial charge on any atom is -0.256 e. The average Bonchev–Trinajstić information content (AvgIpc) is 2.18. The number of allylic oxidation sites excluding steroid dienone is 1.